The topological polar surface area (TPSA) is 30.5 Å². The van der Waals surface area contributed by atoms with Crippen LogP contribution >= 0.6 is 0 Å². The van der Waals surface area contributed by atoms with Crippen LogP contribution in [0.5, 0.6) is 5.75 Å². The minimum absolute atomic E-state index is 0.297. The summed E-state index contributed by atoms with van der Waals surface area (Å²) in [4.78, 5) is 0. The SMILES string of the molecule is CCC(NC)c1ccc(OC2CCCC(OC)C2)cc1. The molecule has 0 aliphatic heterocycles. The van der Waals surface area contributed by atoms with E-state index in [1.165, 1.54) is 12.0 Å². The molecule has 2 rings (SSSR count). The van der Waals surface area contributed by atoms with E-state index in [1.54, 1.807) is 7.11 Å². The van der Waals surface area contributed by atoms with Crippen LogP contribution in [0.1, 0.15) is 50.6 Å². The van der Waals surface area contributed by atoms with Crippen LogP contribution in [-0.4, -0.2) is 26.4 Å². The van der Waals surface area contributed by atoms with Gasteiger partial charge in [0.25, 0.3) is 0 Å². The van der Waals surface area contributed by atoms with Crippen molar-refractivity contribution < 1.29 is 9.47 Å². The van der Waals surface area contributed by atoms with Crippen LogP contribution in [0.15, 0.2) is 24.3 Å². The largest absolute Gasteiger partial charge is 0.490 e. The van der Waals surface area contributed by atoms with E-state index >= 15 is 0 Å². The Morgan fingerprint density at radius 3 is 2.50 bits per heavy atom. The molecule has 20 heavy (non-hydrogen) atoms. The molecule has 0 bridgehead atoms. The smallest absolute Gasteiger partial charge is 0.119 e. The summed E-state index contributed by atoms with van der Waals surface area (Å²) >= 11 is 0. The molecule has 0 aromatic heterocycles. The van der Waals surface area contributed by atoms with Crippen molar-refractivity contribution in [3.05, 3.63) is 29.8 Å². The molecule has 3 atom stereocenters. The second kappa shape index (κ2) is 7.65. The highest BCUT2D eigenvalue weighted by Crippen LogP contribution is 2.26. The van der Waals surface area contributed by atoms with E-state index in [0.29, 0.717) is 18.2 Å². The van der Waals surface area contributed by atoms with Gasteiger partial charge in [-0.1, -0.05) is 19.1 Å². The number of rotatable bonds is 6. The molecule has 1 aliphatic rings. The molecule has 112 valence electrons. The Kier molecular flexibility index (Phi) is 5.86. The molecule has 0 radical (unpaired) electrons. The van der Waals surface area contributed by atoms with Crippen molar-refractivity contribution in [3.63, 3.8) is 0 Å². The van der Waals surface area contributed by atoms with Crippen molar-refractivity contribution in [2.45, 2.75) is 57.3 Å². The van der Waals surface area contributed by atoms with Crippen LogP contribution in [-0.2, 0) is 4.74 Å². The Labute approximate surface area is 122 Å². The molecular weight excluding hydrogens is 250 g/mol. The summed E-state index contributed by atoms with van der Waals surface area (Å²) in [6.45, 7) is 2.19. The predicted molar refractivity (Wildman–Crippen MR) is 82.2 cm³/mol. The summed E-state index contributed by atoms with van der Waals surface area (Å²) in [6, 6.07) is 8.93. The molecule has 1 aliphatic carbocycles. The number of methoxy groups -OCH3 is 1. The number of hydrogen-bond donors (Lipinski definition) is 1. The second-order valence-electron chi connectivity index (χ2n) is 5.58. The van der Waals surface area contributed by atoms with Gasteiger partial charge >= 0.3 is 0 Å². The monoisotopic (exact) mass is 277 g/mol. The molecule has 0 heterocycles. The lowest BCUT2D eigenvalue weighted by molar-refractivity contribution is 0.0209. The normalized spacial score (nSPS) is 24.4. The minimum atomic E-state index is 0.297. The van der Waals surface area contributed by atoms with Gasteiger partial charge in [-0.3, -0.25) is 0 Å². The third-order valence-corrected chi connectivity index (χ3v) is 4.25. The van der Waals surface area contributed by atoms with Crippen molar-refractivity contribution in [3.8, 4) is 5.75 Å². The minimum Gasteiger partial charge on any atom is -0.490 e. The van der Waals surface area contributed by atoms with Crippen molar-refractivity contribution >= 4 is 0 Å². The Morgan fingerprint density at radius 2 is 1.90 bits per heavy atom. The lowest BCUT2D eigenvalue weighted by Gasteiger charge is -2.28. The maximum Gasteiger partial charge on any atom is 0.119 e. The summed E-state index contributed by atoms with van der Waals surface area (Å²) in [6.07, 6.45) is 6.25. The van der Waals surface area contributed by atoms with Gasteiger partial charge in [-0.25, -0.2) is 0 Å². The fourth-order valence-corrected chi connectivity index (χ4v) is 3.00. The van der Waals surface area contributed by atoms with Gasteiger partial charge in [0.2, 0.25) is 0 Å². The molecule has 1 N–H and O–H groups in total. The van der Waals surface area contributed by atoms with Gasteiger partial charge in [-0.05, 0) is 50.4 Å². The third kappa shape index (κ3) is 3.97. The zero-order chi connectivity index (χ0) is 14.4. The summed E-state index contributed by atoms with van der Waals surface area (Å²) in [5.74, 6) is 0.974. The van der Waals surface area contributed by atoms with Crippen LogP contribution in [0, 0.1) is 0 Å². The van der Waals surface area contributed by atoms with Gasteiger partial charge in [-0.15, -0.1) is 0 Å². The standard InChI is InChI=1S/C17H27NO2/c1-4-17(18-2)13-8-10-14(11-9-13)20-16-7-5-6-15(12-16)19-3/h8-11,15-18H,4-7,12H2,1-3H3. The molecular formula is C17H27NO2. The zero-order valence-corrected chi connectivity index (χ0v) is 12.9. The fourth-order valence-electron chi connectivity index (χ4n) is 3.00. The summed E-state index contributed by atoms with van der Waals surface area (Å²) in [5, 5.41) is 3.32. The van der Waals surface area contributed by atoms with Crippen LogP contribution in [0.4, 0.5) is 0 Å². The van der Waals surface area contributed by atoms with Crippen molar-refractivity contribution in [2.75, 3.05) is 14.2 Å². The average Bonchev–Trinajstić information content (AvgIpc) is 2.50. The quantitative estimate of drug-likeness (QED) is 0.860. The lowest BCUT2D eigenvalue weighted by Crippen LogP contribution is -2.29. The molecule has 3 nitrogen and oxygen atoms in total. The van der Waals surface area contributed by atoms with Crippen molar-refractivity contribution in [2.24, 2.45) is 0 Å². The predicted octanol–water partition coefficient (Wildman–Crippen LogP) is 3.69. The Morgan fingerprint density at radius 1 is 1.20 bits per heavy atom. The van der Waals surface area contributed by atoms with Crippen molar-refractivity contribution in [1.82, 2.24) is 5.32 Å². The number of hydrogen-bond acceptors (Lipinski definition) is 3. The summed E-state index contributed by atoms with van der Waals surface area (Å²) in [5.41, 5.74) is 1.32. The lowest BCUT2D eigenvalue weighted by atomic mass is 9.95. The number of nitrogens with one attached hydrogen (secondary N) is 1. The molecule has 1 fully saturated rings. The Balaban J connectivity index is 1.93. The zero-order valence-electron chi connectivity index (χ0n) is 12.9. The van der Waals surface area contributed by atoms with Gasteiger partial charge in [0, 0.05) is 19.6 Å². The van der Waals surface area contributed by atoms with Crippen LogP contribution in [0.2, 0.25) is 0 Å². The molecule has 1 saturated carbocycles. The first kappa shape index (κ1) is 15.3. The van der Waals surface area contributed by atoms with Crippen molar-refractivity contribution in [1.29, 1.82) is 0 Å². The summed E-state index contributed by atoms with van der Waals surface area (Å²) in [7, 11) is 3.80. The first-order chi connectivity index (χ1) is 9.76. The van der Waals surface area contributed by atoms with E-state index in [1.807, 2.05) is 7.05 Å². The number of ether oxygens (including phenoxy) is 2. The molecule has 0 saturated heterocycles. The third-order valence-electron chi connectivity index (χ3n) is 4.25. The van der Waals surface area contributed by atoms with Crippen LogP contribution < -0.4 is 10.1 Å². The van der Waals surface area contributed by atoms with Gasteiger partial charge < -0.3 is 14.8 Å². The van der Waals surface area contributed by atoms with E-state index in [9.17, 15) is 0 Å². The van der Waals surface area contributed by atoms with Gasteiger partial charge in [0.05, 0.1) is 6.10 Å². The maximum atomic E-state index is 6.09. The molecule has 3 unspecified atom stereocenters. The van der Waals surface area contributed by atoms with E-state index in [2.05, 4.69) is 36.5 Å². The molecule has 0 amide bonds. The van der Waals surface area contributed by atoms with Gasteiger partial charge in [-0.2, -0.15) is 0 Å². The highest BCUT2D eigenvalue weighted by atomic mass is 16.5. The molecule has 1 aromatic carbocycles. The van der Waals surface area contributed by atoms with E-state index < -0.39 is 0 Å². The highest BCUT2D eigenvalue weighted by Gasteiger charge is 2.23. The van der Waals surface area contributed by atoms with Gasteiger partial charge in [0.15, 0.2) is 0 Å². The first-order valence-corrected chi connectivity index (χ1v) is 7.73. The molecule has 0 spiro atoms. The second-order valence-corrected chi connectivity index (χ2v) is 5.58. The van der Waals surface area contributed by atoms with E-state index in [4.69, 9.17) is 9.47 Å². The van der Waals surface area contributed by atoms with E-state index in [-0.39, 0.29) is 0 Å². The first-order valence-electron chi connectivity index (χ1n) is 7.73. The molecule has 3 heteroatoms. The highest BCUT2D eigenvalue weighted by molar-refractivity contribution is 5.29. The van der Waals surface area contributed by atoms with Crippen LogP contribution in [0.3, 0.4) is 0 Å². The fraction of sp³-hybridized carbons (Fsp3) is 0.647. The average molecular weight is 277 g/mol. The van der Waals surface area contributed by atoms with E-state index in [0.717, 1.165) is 31.4 Å². The van der Waals surface area contributed by atoms with Crippen LogP contribution in [0.25, 0.3) is 0 Å². The summed E-state index contributed by atoms with van der Waals surface area (Å²) < 4.78 is 11.5. The number of benzene rings is 1. The van der Waals surface area contributed by atoms with Gasteiger partial charge in [0.1, 0.15) is 11.9 Å². The molecule has 1 aromatic rings. The maximum absolute atomic E-state index is 6.09. The Hall–Kier alpha value is -1.06. The Bertz CT molecular complexity index is 386.